The summed E-state index contributed by atoms with van der Waals surface area (Å²) in [7, 11) is 0. The maximum Gasteiger partial charge on any atom is 0.303 e. The molecule has 0 amide bonds. The zero-order chi connectivity index (χ0) is 23.8. The molecule has 33 heavy (non-hydrogen) atoms. The van der Waals surface area contributed by atoms with Gasteiger partial charge in [-0.05, 0) is 84.1 Å². The van der Waals surface area contributed by atoms with Gasteiger partial charge in [0.1, 0.15) is 37.7 Å². The van der Waals surface area contributed by atoms with Crippen molar-refractivity contribution in [2.75, 3.05) is 13.3 Å². The lowest BCUT2D eigenvalue weighted by atomic mass is 9.94. The molecule has 3 aromatic carbocycles. The van der Waals surface area contributed by atoms with Crippen LogP contribution in [0.1, 0.15) is 34.0 Å². The van der Waals surface area contributed by atoms with Crippen LogP contribution in [0.25, 0.3) is 11.1 Å². The van der Waals surface area contributed by atoms with E-state index >= 15 is 0 Å². The average molecular weight is 451 g/mol. The predicted molar refractivity (Wildman–Crippen MR) is 125 cm³/mol. The molecule has 0 N–H and O–H groups in total. The number of aryl methyl sites for hydroxylation is 2. The molecule has 0 saturated heterocycles. The molecule has 1 atom stereocenters. The van der Waals surface area contributed by atoms with Gasteiger partial charge in [-0.3, -0.25) is 9.59 Å². The number of hydrogen-bond donors (Lipinski definition) is 0. The van der Waals surface area contributed by atoms with Crippen LogP contribution in [0.4, 0.5) is 4.39 Å². The molecule has 0 aromatic heterocycles. The summed E-state index contributed by atoms with van der Waals surface area (Å²) in [6.45, 7) is 4.78. The first-order valence-electron chi connectivity index (χ1n) is 10.6. The lowest BCUT2D eigenvalue weighted by Crippen LogP contribution is -2.26. The third-order valence-electron chi connectivity index (χ3n) is 5.08. The molecule has 0 heterocycles. The van der Waals surface area contributed by atoms with Crippen LogP contribution in [-0.2, 0) is 16.1 Å². The van der Waals surface area contributed by atoms with E-state index < -0.39 is 18.7 Å². The monoisotopic (exact) mass is 450 g/mol. The Morgan fingerprint density at radius 2 is 1.67 bits per heavy atom. The maximum atomic E-state index is 13.0. The molecule has 0 fully saturated rings. The summed E-state index contributed by atoms with van der Waals surface area (Å²) in [6, 6.07) is 18.9. The van der Waals surface area contributed by atoms with Crippen molar-refractivity contribution in [2.45, 2.75) is 33.5 Å². The highest BCUT2D eigenvalue weighted by Gasteiger charge is 2.14. The van der Waals surface area contributed by atoms with Crippen LogP contribution >= 0.6 is 0 Å². The number of carbonyl (C=O) groups excluding carboxylic acids is 2. The van der Waals surface area contributed by atoms with Crippen LogP contribution in [0, 0.1) is 13.8 Å². The summed E-state index contributed by atoms with van der Waals surface area (Å²) in [5.41, 5.74) is 5.78. The second kappa shape index (κ2) is 11.3. The third-order valence-corrected chi connectivity index (χ3v) is 5.08. The number of hydrogen-bond acceptors (Lipinski definition) is 5. The van der Waals surface area contributed by atoms with Crippen LogP contribution < -0.4 is 9.47 Å². The molecule has 0 spiro atoms. The summed E-state index contributed by atoms with van der Waals surface area (Å²) in [5, 5.41) is 0. The van der Waals surface area contributed by atoms with Crippen molar-refractivity contribution in [1.29, 1.82) is 0 Å². The molecule has 0 aliphatic heterocycles. The number of ether oxygens (including phenoxy) is 3. The number of aldehydes is 1. The van der Waals surface area contributed by atoms with Gasteiger partial charge in [-0.2, -0.15) is 0 Å². The quantitative estimate of drug-likeness (QED) is 0.295. The Morgan fingerprint density at radius 1 is 0.970 bits per heavy atom. The molecule has 3 aromatic rings. The number of rotatable bonds is 10. The highest BCUT2D eigenvalue weighted by atomic mass is 19.1. The molecular weight excluding hydrogens is 423 g/mol. The largest absolute Gasteiger partial charge is 0.490 e. The summed E-state index contributed by atoms with van der Waals surface area (Å²) >= 11 is 0. The maximum absolute atomic E-state index is 13.0. The fourth-order valence-corrected chi connectivity index (χ4v) is 3.62. The summed E-state index contributed by atoms with van der Waals surface area (Å²) in [5.74, 6) is 0.753. The Morgan fingerprint density at radius 3 is 2.27 bits per heavy atom. The lowest BCUT2D eigenvalue weighted by molar-refractivity contribution is -0.148. The van der Waals surface area contributed by atoms with Gasteiger partial charge >= 0.3 is 5.97 Å². The summed E-state index contributed by atoms with van der Waals surface area (Å²) in [4.78, 5) is 21.8. The number of benzene rings is 3. The molecular formula is C27H27FO5. The Bertz CT molecular complexity index is 1080. The summed E-state index contributed by atoms with van der Waals surface area (Å²) in [6.07, 6.45) is -0.123. The molecule has 5 nitrogen and oxygen atoms in total. The second-order valence-electron chi connectivity index (χ2n) is 7.80. The van der Waals surface area contributed by atoms with Gasteiger partial charge in [0, 0.05) is 12.5 Å². The van der Waals surface area contributed by atoms with Crippen LogP contribution in [-0.4, -0.2) is 31.6 Å². The van der Waals surface area contributed by atoms with E-state index in [9.17, 15) is 14.0 Å². The standard InChI is InChI=1S/C27H27FO5/c1-18-11-25(32-17-26(14-28)33-20(3)30)12-19(2)27(18)23-6-4-5-22(13-23)16-31-24-9-7-21(15-29)8-10-24/h4-13,15,26H,14,16-17H2,1-3H3. The van der Waals surface area contributed by atoms with Crippen molar-refractivity contribution in [2.24, 2.45) is 0 Å². The third kappa shape index (κ3) is 6.65. The minimum absolute atomic E-state index is 0.0467. The van der Waals surface area contributed by atoms with Gasteiger partial charge in [-0.1, -0.05) is 18.2 Å². The fraction of sp³-hybridized carbons (Fsp3) is 0.259. The van der Waals surface area contributed by atoms with Crippen molar-refractivity contribution in [3.05, 3.63) is 82.9 Å². The van der Waals surface area contributed by atoms with Gasteiger partial charge in [-0.25, -0.2) is 4.39 Å². The number of alkyl halides is 1. The first kappa shape index (κ1) is 24.0. The minimum atomic E-state index is -0.922. The zero-order valence-electron chi connectivity index (χ0n) is 19.0. The first-order chi connectivity index (χ1) is 15.9. The van der Waals surface area contributed by atoms with E-state index in [2.05, 4.69) is 6.07 Å². The van der Waals surface area contributed by atoms with E-state index in [1.54, 1.807) is 24.3 Å². The number of carbonyl (C=O) groups is 2. The summed E-state index contributed by atoms with van der Waals surface area (Å²) < 4.78 is 29.4. The van der Waals surface area contributed by atoms with E-state index in [0.29, 0.717) is 23.7 Å². The van der Waals surface area contributed by atoms with Crippen molar-refractivity contribution in [3.63, 3.8) is 0 Å². The molecule has 3 rings (SSSR count). The van der Waals surface area contributed by atoms with E-state index in [1.165, 1.54) is 6.92 Å². The number of esters is 1. The minimum Gasteiger partial charge on any atom is -0.490 e. The van der Waals surface area contributed by atoms with Gasteiger partial charge < -0.3 is 14.2 Å². The SMILES string of the molecule is CC(=O)OC(CF)COc1cc(C)c(-c2cccc(COc3ccc(C=O)cc3)c2)c(C)c1. The van der Waals surface area contributed by atoms with E-state index in [1.807, 2.05) is 44.2 Å². The predicted octanol–water partition coefficient (Wildman–Crippen LogP) is 5.64. The fourth-order valence-electron chi connectivity index (χ4n) is 3.62. The molecule has 0 aliphatic rings. The normalized spacial score (nSPS) is 11.5. The van der Waals surface area contributed by atoms with Gasteiger partial charge in [0.2, 0.25) is 0 Å². The van der Waals surface area contributed by atoms with Gasteiger partial charge in [-0.15, -0.1) is 0 Å². The Kier molecular flexibility index (Phi) is 8.19. The van der Waals surface area contributed by atoms with Crippen LogP contribution in [0.5, 0.6) is 11.5 Å². The molecule has 0 aliphatic carbocycles. The molecule has 0 radical (unpaired) electrons. The van der Waals surface area contributed by atoms with Crippen molar-refractivity contribution < 1.29 is 28.2 Å². The number of halogens is 1. The van der Waals surface area contributed by atoms with Crippen LogP contribution in [0.2, 0.25) is 0 Å². The average Bonchev–Trinajstić information content (AvgIpc) is 2.80. The highest BCUT2D eigenvalue weighted by Crippen LogP contribution is 2.32. The van der Waals surface area contributed by atoms with Gasteiger partial charge in [0.25, 0.3) is 0 Å². The van der Waals surface area contributed by atoms with Crippen molar-refractivity contribution in [3.8, 4) is 22.6 Å². The second-order valence-corrected chi connectivity index (χ2v) is 7.80. The van der Waals surface area contributed by atoms with Crippen molar-refractivity contribution in [1.82, 2.24) is 0 Å². The molecule has 0 bridgehead atoms. The topological polar surface area (TPSA) is 61.8 Å². The van der Waals surface area contributed by atoms with E-state index in [-0.39, 0.29) is 6.61 Å². The van der Waals surface area contributed by atoms with Crippen molar-refractivity contribution >= 4 is 12.3 Å². The first-order valence-corrected chi connectivity index (χ1v) is 10.6. The van der Waals surface area contributed by atoms with Gasteiger partial charge in [0.05, 0.1) is 0 Å². The molecule has 172 valence electrons. The van der Waals surface area contributed by atoms with Crippen LogP contribution in [0.3, 0.4) is 0 Å². The van der Waals surface area contributed by atoms with Gasteiger partial charge in [0.15, 0.2) is 6.10 Å². The van der Waals surface area contributed by atoms with E-state index in [4.69, 9.17) is 14.2 Å². The van der Waals surface area contributed by atoms with Crippen LogP contribution in [0.15, 0.2) is 60.7 Å². The molecule has 0 saturated carbocycles. The lowest BCUT2D eigenvalue weighted by Gasteiger charge is -2.17. The molecule has 6 heteroatoms. The Hall–Kier alpha value is -3.67. The zero-order valence-corrected chi connectivity index (χ0v) is 19.0. The van der Waals surface area contributed by atoms with E-state index in [0.717, 1.165) is 34.1 Å². The smallest absolute Gasteiger partial charge is 0.303 e. The Labute approximate surface area is 193 Å². The molecule has 1 unspecified atom stereocenters. The highest BCUT2D eigenvalue weighted by molar-refractivity contribution is 5.75. The Balaban J connectivity index is 1.72.